The first kappa shape index (κ1) is 33.9. The molecule has 0 aliphatic heterocycles. The molecule has 10 aromatic rings. The zero-order valence-electron chi connectivity index (χ0n) is 32.3. The molecule has 274 valence electrons. The molecule has 0 fully saturated rings. The van der Waals surface area contributed by atoms with Crippen LogP contribution in [0.25, 0.3) is 95.0 Å². The van der Waals surface area contributed by atoms with Gasteiger partial charge in [-0.15, -0.1) is 0 Å². The molecule has 4 nitrogen and oxygen atoms in total. The van der Waals surface area contributed by atoms with Crippen molar-refractivity contribution in [2.24, 2.45) is 0 Å². The summed E-state index contributed by atoms with van der Waals surface area (Å²) in [5.74, 6) is 1.96. The quantitative estimate of drug-likeness (QED) is 0.170. The fraction of sp³-hybridized carbons (Fsp3) is 0.0556. The minimum Gasteiger partial charge on any atom is -0.309 e. The maximum absolute atomic E-state index is 4.95. The Kier molecular flexibility index (Phi) is 7.80. The number of hydrogen-bond donors (Lipinski definition) is 0. The highest BCUT2D eigenvalue weighted by Crippen LogP contribution is 2.53. The highest BCUT2D eigenvalue weighted by Gasteiger charge is 2.37. The Morgan fingerprint density at radius 1 is 0.362 bits per heavy atom. The molecule has 8 aromatic carbocycles. The molecule has 0 unspecified atom stereocenters. The van der Waals surface area contributed by atoms with E-state index in [0.717, 1.165) is 27.8 Å². The summed E-state index contributed by atoms with van der Waals surface area (Å²) in [5, 5.41) is 2.44. The first-order valence-electron chi connectivity index (χ1n) is 19.9. The molecule has 1 aliphatic rings. The van der Waals surface area contributed by atoms with Crippen LogP contribution in [0.2, 0.25) is 0 Å². The molecule has 0 bridgehead atoms. The Balaban J connectivity index is 1.01. The van der Waals surface area contributed by atoms with Gasteiger partial charge in [-0.2, -0.15) is 0 Å². The summed E-state index contributed by atoms with van der Waals surface area (Å²) < 4.78 is 2.46. The van der Waals surface area contributed by atoms with E-state index in [4.69, 9.17) is 15.0 Å². The molecule has 1 aliphatic carbocycles. The number of rotatable bonds is 6. The van der Waals surface area contributed by atoms with Crippen molar-refractivity contribution >= 4 is 21.8 Å². The average molecular weight is 743 g/mol. The van der Waals surface area contributed by atoms with Crippen LogP contribution in [-0.4, -0.2) is 19.5 Å². The van der Waals surface area contributed by atoms with Crippen molar-refractivity contribution in [1.82, 2.24) is 19.5 Å². The van der Waals surface area contributed by atoms with E-state index in [1.165, 1.54) is 60.9 Å². The van der Waals surface area contributed by atoms with Gasteiger partial charge < -0.3 is 4.57 Å². The third-order valence-corrected chi connectivity index (χ3v) is 11.9. The van der Waals surface area contributed by atoms with Crippen molar-refractivity contribution in [2.75, 3.05) is 0 Å². The van der Waals surface area contributed by atoms with Crippen LogP contribution in [0.3, 0.4) is 0 Å². The minimum absolute atomic E-state index is 0.126. The summed E-state index contributed by atoms with van der Waals surface area (Å²) in [4.78, 5) is 14.8. The maximum Gasteiger partial charge on any atom is 0.164 e. The Hall–Kier alpha value is -7.43. The predicted octanol–water partition coefficient (Wildman–Crippen LogP) is 13.6. The van der Waals surface area contributed by atoms with E-state index in [-0.39, 0.29) is 5.41 Å². The topological polar surface area (TPSA) is 43.6 Å². The van der Waals surface area contributed by atoms with Crippen LogP contribution in [0, 0.1) is 0 Å². The smallest absolute Gasteiger partial charge is 0.164 e. The third kappa shape index (κ3) is 5.41. The monoisotopic (exact) mass is 742 g/mol. The number of para-hydroxylation sites is 2. The summed E-state index contributed by atoms with van der Waals surface area (Å²) in [6, 6.07) is 69.1. The fourth-order valence-corrected chi connectivity index (χ4v) is 9.13. The van der Waals surface area contributed by atoms with Gasteiger partial charge >= 0.3 is 0 Å². The van der Waals surface area contributed by atoms with E-state index in [2.05, 4.69) is 152 Å². The molecule has 2 heterocycles. The lowest BCUT2D eigenvalue weighted by molar-refractivity contribution is 0.662. The van der Waals surface area contributed by atoms with Crippen LogP contribution in [0.4, 0.5) is 0 Å². The van der Waals surface area contributed by atoms with Crippen LogP contribution in [0.1, 0.15) is 25.0 Å². The van der Waals surface area contributed by atoms with Crippen LogP contribution in [-0.2, 0) is 5.41 Å². The lowest BCUT2D eigenvalue weighted by Gasteiger charge is -2.25. The number of benzene rings is 8. The number of hydrogen-bond acceptors (Lipinski definition) is 3. The predicted molar refractivity (Wildman–Crippen MR) is 239 cm³/mol. The van der Waals surface area contributed by atoms with Crippen LogP contribution in [0.15, 0.2) is 194 Å². The van der Waals surface area contributed by atoms with Gasteiger partial charge in [-0.05, 0) is 63.2 Å². The second kappa shape index (κ2) is 13.4. The normalized spacial score (nSPS) is 12.8. The molecular weight excluding hydrogens is 705 g/mol. The van der Waals surface area contributed by atoms with Crippen molar-refractivity contribution < 1.29 is 0 Å². The third-order valence-electron chi connectivity index (χ3n) is 11.9. The first-order valence-corrected chi connectivity index (χ1v) is 19.9. The van der Waals surface area contributed by atoms with Gasteiger partial charge in [0.25, 0.3) is 0 Å². The Labute approximate surface area is 337 Å². The molecule has 58 heavy (non-hydrogen) atoms. The number of aromatic nitrogens is 4. The fourth-order valence-electron chi connectivity index (χ4n) is 9.13. The van der Waals surface area contributed by atoms with E-state index >= 15 is 0 Å². The Morgan fingerprint density at radius 2 is 0.845 bits per heavy atom. The molecule has 0 amide bonds. The van der Waals surface area contributed by atoms with Gasteiger partial charge in [-0.3, -0.25) is 0 Å². The lowest BCUT2D eigenvalue weighted by Crippen LogP contribution is -2.16. The summed E-state index contributed by atoms with van der Waals surface area (Å²) in [7, 11) is 0. The summed E-state index contributed by atoms with van der Waals surface area (Å²) >= 11 is 0. The first-order chi connectivity index (χ1) is 28.5. The van der Waals surface area contributed by atoms with Gasteiger partial charge in [0, 0.05) is 38.4 Å². The number of nitrogens with zero attached hydrogens (tertiary/aromatic N) is 4. The van der Waals surface area contributed by atoms with Crippen LogP contribution >= 0.6 is 0 Å². The van der Waals surface area contributed by atoms with Gasteiger partial charge in [-0.25, -0.2) is 15.0 Å². The molecular formula is C54H38N4. The zero-order chi connectivity index (χ0) is 38.8. The van der Waals surface area contributed by atoms with Gasteiger partial charge in [0.2, 0.25) is 0 Å². The SMILES string of the molecule is CC1(C)c2ccccc2-c2cccc(-c3ccccc3-n3c4ccccc4c4cc(-c5ccc(-c6nc(-c7ccccc7)nc(-c7ccccc7)n6)cc5)ccc43)c21. The van der Waals surface area contributed by atoms with Gasteiger partial charge in [-0.1, -0.05) is 184 Å². The van der Waals surface area contributed by atoms with E-state index < -0.39 is 0 Å². The maximum atomic E-state index is 4.95. The summed E-state index contributed by atoms with van der Waals surface area (Å²) in [5.41, 5.74) is 16.5. The van der Waals surface area contributed by atoms with E-state index in [0.29, 0.717) is 17.5 Å². The number of fused-ring (bicyclic) bond motifs is 6. The molecule has 0 saturated heterocycles. The molecule has 2 aromatic heterocycles. The summed E-state index contributed by atoms with van der Waals surface area (Å²) in [6.07, 6.45) is 0. The molecule has 4 heteroatoms. The van der Waals surface area contributed by atoms with E-state index in [9.17, 15) is 0 Å². The van der Waals surface area contributed by atoms with Crippen molar-refractivity contribution in [3.05, 3.63) is 205 Å². The summed E-state index contributed by atoms with van der Waals surface area (Å²) in [6.45, 7) is 4.73. The highest BCUT2D eigenvalue weighted by atomic mass is 15.0. The second-order valence-electron chi connectivity index (χ2n) is 15.6. The molecule has 0 N–H and O–H groups in total. The lowest BCUT2D eigenvalue weighted by atomic mass is 9.78. The molecule has 0 radical (unpaired) electrons. The van der Waals surface area contributed by atoms with Gasteiger partial charge in [0.15, 0.2) is 17.5 Å². The van der Waals surface area contributed by atoms with Gasteiger partial charge in [0.05, 0.1) is 16.7 Å². The van der Waals surface area contributed by atoms with E-state index in [1.807, 2.05) is 60.7 Å². The molecule has 0 atom stereocenters. The van der Waals surface area contributed by atoms with E-state index in [1.54, 1.807) is 0 Å². The van der Waals surface area contributed by atoms with Crippen LogP contribution in [0.5, 0.6) is 0 Å². The Morgan fingerprint density at radius 3 is 1.53 bits per heavy atom. The molecule has 0 saturated carbocycles. The van der Waals surface area contributed by atoms with Crippen molar-refractivity contribution in [1.29, 1.82) is 0 Å². The second-order valence-corrected chi connectivity index (χ2v) is 15.6. The van der Waals surface area contributed by atoms with Crippen molar-refractivity contribution in [2.45, 2.75) is 19.3 Å². The Bertz CT molecular complexity index is 3120. The molecule has 11 rings (SSSR count). The standard InChI is InChI=1S/C54H38N4/c1-54(2)46-25-12-9-20-40(46)43-23-15-24-44(50(43)54)41-21-10-13-26-47(41)58-48-27-14-11-22-42(48)45-34-39(32-33-49(45)58)35-28-30-38(31-29-35)53-56-51(36-16-5-3-6-17-36)55-52(57-53)37-18-7-4-8-19-37/h3-34H,1-2H3. The van der Waals surface area contributed by atoms with Crippen molar-refractivity contribution in [3.63, 3.8) is 0 Å². The largest absolute Gasteiger partial charge is 0.309 e. The van der Waals surface area contributed by atoms with Crippen molar-refractivity contribution in [3.8, 4) is 73.2 Å². The highest BCUT2D eigenvalue weighted by molar-refractivity contribution is 6.11. The average Bonchev–Trinajstić information content (AvgIpc) is 3.75. The zero-order valence-corrected chi connectivity index (χ0v) is 32.3. The molecule has 0 spiro atoms. The minimum atomic E-state index is -0.126. The van der Waals surface area contributed by atoms with Crippen LogP contribution < -0.4 is 0 Å². The van der Waals surface area contributed by atoms with Gasteiger partial charge in [0.1, 0.15) is 0 Å².